The van der Waals surface area contributed by atoms with Gasteiger partial charge in [-0.15, -0.1) is 28.7 Å². The van der Waals surface area contributed by atoms with Crippen molar-refractivity contribution >= 4 is 56.5 Å². The van der Waals surface area contributed by atoms with Gasteiger partial charge in [-0.3, -0.25) is 14.9 Å². The highest BCUT2D eigenvalue weighted by molar-refractivity contribution is 8.93. The van der Waals surface area contributed by atoms with Crippen molar-refractivity contribution in [2.45, 2.75) is 50.3 Å². The van der Waals surface area contributed by atoms with Crippen LogP contribution in [0.3, 0.4) is 0 Å². The molecular formula is C22H30BrN5O8S2. The second kappa shape index (κ2) is 12.0. The minimum atomic E-state index is -3.81. The van der Waals surface area contributed by atoms with E-state index in [-0.39, 0.29) is 70.7 Å². The van der Waals surface area contributed by atoms with Crippen LogP contribution in [0.25, 0.3) is 0 Å². The fourth-order valence-corrected chi connectivity index (χ4v) is 6.97. The van der Waals surface area contributed by atoms with Gasteiger partial charge in [-0.25, -0.2) is 14.7 Å². The van der Waals surface area contributed by atoms with E-state index < -0.39 is 33.1 Å². The van der Waals surface area contributed by atoms with E-state index in [9.17, 15) is 33.2 Å². The van der Waals surface area contributed by atoms with Crippen LogP contribution in [0.2, 0.25) is 0 Å². The van der Waals surface area contributed by atoms with Crippen LogP contribution in [0.5, 0.6) is 0 Å². The summed E-state index contributed by atoms with van der Waals surface area (Å²) >= 11 is 1.44. The van der Waals surface area contributed by atoms with Crippen LogP contribution in [-0.4, -0.2) is 71.8 Å². The van der Waals surface area contributed by atoms with Crippen molar-refractivity contribution in [3.8, 4) is 0 Å². The number of nitrogens with two attached hydrogens (primary N) is 1. The minimum absolute atomic E-state index is 0. The molecule has 0 spiro atoms. The van der Waals surface area contributed by atoms with Crippen molar-refractivity contribution < 1.29 is 32.8 Å². The number of aliphatic hydroxyl groups is 1. The molecule has 6 atom stereocenters. The van der Waals surface area contributed by atoms with Crippen LogP contribution in [0, 0.1) is 22.0 Å². The molecular weight excluding hydrogens is 606 g/mol. The summed E-state index contributed by atoms with van der Waals surface area (Å²) in [5.74, 6) is -1.87. The number of fused-ring (bicyclic) bond motifs is 1. The summed E-state index contributed by atoms with van der Waals surface area (Å²) in [6, 6.07) is 5.11. The van der Waals surface area contributed by atoms with E-state index in [2.05, 4.69) is 10.0 Å². The molecule has 1 amide bonds. The number of nitro benzene ring substituents is 1. The van der Waals surface area contributed by atoms with Gasteiger partial charge in [0.25, 0.3) is 15.9 Å². The molecule has 2 fully saturated rings. The average Bonchev–Trinajstić information content (AvgIpc) is 3.37. The largest absolute Gasteiger partial charge is 0.456 e. The molecule has 3 aliphatic heterocycles. The first-order valence-electron chi connectivity index (χ1n) is 11.7. The first-order chi connectivity index (χ1) is 17.4. The molecule has 3 aliphatic rings. The molecule has 0 saturated carbocycles. The Balaban J connectivity index is 0.00000400. The van der Waals surface area contributed by atoms with E-state index in [1.807, 2.05) is 6.92 Å². The number of β-lactam (4-membered cyclic amide) rings is 1. The lowest BCUT2D eigenvalue weighted by Gasteiger charge is -2.46. The van der Waals surface area contributed by atoms with Gasteiger partial charge in [-0.1, -0.05) is 6.92 Å². The summed E-state index contributed by atoms with van der Waals surface area (Å²) in [6.07, 6.45) is -0.271. The molecule has 1 aromatic rings. The van der Waals surface area contributed by atoms with Crippen LogP contribution >= 0.6 is 28.7 Å². The summed E-state index contributed by atoms with van der Waals surface area (Å²) in [5, 5.41) is 29.3. The predicted octanol–water partition coefficient (Wildman–Crippen LogP) is 0.542. The van der Waals surface area contributed by atoms with Crippen LogP contribution in [0.4, 0.5) is 5.69 Å². The number of hydrogen-bond acceptors (Lipinski definition) is 10. The molecule has 210 valence electrons. The predicted molar refractivity (Wildman–Crippen MR) is 144 cm³/mol. The quantitative estimate of drug-likeness (QED) is 0.122. The number of ether oxygens (including phenoxy) is 1. The zero-order chi connectivity index (χ0) is 27.1. The van der Waals surface area contributed by atoms with Crippen molar-refractivity contribution in [2.24, 2.45) is 17.0 Å². The molecule has 2 saturated heterocycles. The number of benzene rings is 1. The molecule has 4 rings (SSSR count). The highest BCUT2D eigenvalue weighted by Crippen LogP contribution is 2.52. The number of aliphatic hydroxyl groups excluding tert-OH is 1. The lowest BCUT2D eigenvalue weighted by Crippen LogP contribution is -2.63. The summed E-state index contributed by atoms with van der Waals surface area (Å²) in [4.78, 5) is 38.6. The Kier molecular flexibility index (Phi) is 9.60. The smallest absolute Gasteiger partial charge is 0.356 e. The SMILES string of the molecule is Br.C[C@@H](O)[C@H]1C(=O)N2C(C(=O)OCc3ccc([N+](=O)[O-])cc3)=C(S[C@@H]3CN[C@H](CNS(N)(=O)=O)C3)[C@H](C)[C@H]12. The zero-order valence-corrected chi connectivity index (χ0v) is 23.9. The normalized spacial score (nSPS) is 27.4. The van der Waals surface area contributed by atoms with E-state index in [1.165, 1.54) is 40.9 Å². The third kappa shape index (κ3) is 6.38. The minimum Gasteiger partial charge on any atom is -0.456 e. The van der Waals surface area contributed by atoms with Gasteiger partial charge >= 0.3 is 5.97 Å². The molecule has 0 aliphatic carbocycles. The highest BCUT2D eigenvalue weighted by Gasteiger charge is 2.60. The molecule has 38 heavy (non-hydrogen) atoms. The number of nitrogens with zero attached hydrogens (tertiary/aromatic N) is 2. The van der Waals surface area contributed by atoms with Crippen molar-refractivity contribution in [1.29, 1.82) is 0 Å². The van der Waals surface area contributed by atoms with E-state index in [1.54, 1.807) is 6.92 Å². The number of non-ortho nitro benzene ring substituents is 1. The number of nitro groups is 1. The molecule has 0 bridgehead atoms. The van der Waals surface area contributed by atoms with Gasteiger partial charge in [0, 0.05) is 47.3 Å². The van der Waals surface area contributed by atoms with Gasteiger partial charge in [0.2, 0.25) is 5.91 Å². The van der Waals surface area contributed by atoms with Crippen molar-refractivity contribution in [2.75, 3.05) is 13.1 Å². The summed E-state index contributed by atoms with van der Waals surface area (Å²) in [7, 11) is -3.81. The van der Waals surface area contributed by atoms with Crippen molar-refractivity contribution in [3.05, 3.63) is 50.5 Å². The van der Waals surface area contributed by atoms with Gasteiger partial charge in [0.05, 0.1) is 23.0 Å². The number of halogens is 1. The van der Waals surface area contributed by atoms with Crippen LogP contribution < -0.4 is 15.2 Å². The van der Waals surface area contributed by atoms with Gasteiger partial charge < -0.3 is 20.1 Å². The Labute approximate surface area is 234 Å². The molecule has 0 aromatic heterocycles. The number of amides is 1. The van der Waals surface area contributed by atoms with Crippen LogP contribution in [0.15, 0.2) is 34.9 Å². The molecule has 5 N–H and O–H groups in total. The Hall–Kier alpha value is -2.08. The van der Waals surface area contributed by atoms with Gasteiger partial charge in [0.1, 0.15) is 12.3 Å². The van der Waals surface area contributed by atoms with Gasteiger partial charge in [0.15, 0.2) is 0 Å². The maximum atomic E-state index is 13.2. The maximum absolute atomic E-state index is 13.2. The Morgan fingerprint density at radius 2 is 2.05 bits per heavy atom. The maximum Gasteiger partial charge on any atom is 0.356 e. The van der Waals surface area contributed by atoms with Gasteiger partial charge in [-0.05, 0) is 31.0 Å². The molecule has 1 aromatic carbocycles. The average molecular weight is 637 g/mol. The first kappa shape index (κ1) is 30.5. The molecule has 3 heterocycles. The van der Waals surface area contributed by atoms with Crippen LogP contribution in [0.1, 0.15) is 25.8 Å². The van der Waals surface area contributed by atoms with E-state index in [4.69, 9.17) is 9.88 Å². The number of nitrogens with one attached hydrogen (secondary N) is 2. The van der Waals surface area contributed by atoms with Crippen molar-refractivity contribution in [3.63, 3.8) is 0 Å². The zero-order valence-electron chi connectivity index (χ0n) is 20.6. The summed E-state index contributed by atoms with van der Waals surface area (Å²) < 4.78 is 30.2. The third-order valence-electron chi connectivity index (χ3n) is 6.83. The number of carbonyl (C=O) groups excluding carboxylic acids is 2. The standard InChI is InChI=1S/C22H29N5O8S2.BrH/c1-11-18-17(12(2)28)21(29)26(18)19(22(30)35-10-13-3-5-15(6-4-13)27(31)32)20(11)36-16-7-14(24-9-16)8-25-37(23,33)34;/h3-6,11-12,14,16-18,24-25,28H,7-10H2,1-2H3,(H2,23,33,34);1H/t11-,12-,14+,16+,17-,18-;/m1./s1. The fourth-order valence-electron chi connectivity index (χ4n) is 5.02. The Morgan fingerprint density at radius 1 is 1.39 bits per heavy atom. The lowest BCUT2D eigenvalue weighted by molar-refractivity contribution is -0.384. The highest BCUT2D eigenvalue weighted by atomic mass is 79.9. The first-order valence-corrected chi connectivity index (χ1v) is 14.1. The summed E-state index contributed by atoms with van der Waals surface area (Å²) in [5.41, 5.74) is 0.623. The summed E-state index contributed by atoms with van der Waals surface area (Å²) in [6.45, 7) is 4.01. The second-order valence-electron chi connectivity index (χ2n) is 9.44. The van der Waals surface area contributed by atoms with E-state index in [0.717, 1.165) is 0 Å². The number of hydrogen-bond donors (Lipinski definition) is 4. The number of thioether (sulfide) groups is 1. The molecule has 13 nitrogen and oxygen atoms in total. The number of esters is 1. The topological polar surface area (TPSA) is 194 Å². The van der Waals surface area contributed by atoms with E-state index >= 15 is 0 Å². The van der Waals surface area contributed by atoms with Gasteiger partial charge in [-0.2, -0.15) is 8.42 Å². The number of rotatable bonds is 10. The Morgan fingerprint density at radius 3 is 2.63 bits per heavy atom. The second-order valence-corrected chi connectivity index (χ2v) is 12.2. The molecule has 0 radical (unpaired) electrons. The van der Waals surface area contributed by atoms with Crippen LogP contribution in [-0.2, 0) is 31.1 Å². The Bertz CT molecular complexity index is 1230. The van der Waals surface area contributed by atoms with Crippen molar-refractivity contribution in [1.82, 2.24) is 14.9 Å². The monoisotopic (exact) mass is 635 g/mol. The number of carbonyl (C=O) groups is 2. The molecule has 0 unspecified atom stereocenters. The van der Waals surface area contributed by atoms with E-state index in [0.29, 0.717) is 23.4 Å². The third-order valence-corrected chi connectivity index (χ3v) is 8.91. The lowest BCUT2D eigenvalue weighted by atomic mass is 9.79. The fraction of sp³-hybridized carbons (Fsp3) is 0.545. The molecule has 16 heteroatoms.